The number of hydrogen-bond acceptors (Lipinski definition) is 2. The molecule has 0 aromatic heterocycles. The summed E-state index contributed by atoms with van der Waals surface area (Å²) in [6.07, 6.45) is 1.97. The van der Waals surface area contributed by atoms with Crippen molar-refractivity contribution in [1.29, 1.82) is 0 Å². The smallest absolute Gasteiger partial charge is 0.0860 e. The fraction of sp³-hybridized carbons (Fsp3) is 0.300. The summed E-state index contributed by atoms with van der Waals surface area (Å²) in [5.41, 5.74) is 2.28. The SMILES string of the molecule is CC1C=Nc2ccccc2N1C. The van der Waals surface area contributed by atoms with E-state index in [1.165, 1.54) is 5.69 Å². The van der Waals surface area contributed by atoms with Crippen molar-refractivity contribution in [2.75, 3.05) is 11.9 Å². The third kappa shape index (κ3) is 0.998. The minimum Gasteiger partial charge on any atom is -0.365 e. The van der Waals surface area contributed by atoms with Gasteiger partial charge >= 0.3 is 0 Å². The second-order valence-corrected chi connectivity index (χ2v) is 3.12. The lowest BCUT2D eigenvalue weighted by atomic mass is 10.2. The molecule has 1 aliphatic heterocycles. The van der Waals surface area contributed by atoms with E-state index in [4.69, 9.17) is 0 Å². The van der Waals surface area contributed by atoms with Gasteiger partial charge in [-0.05, 0) is 19.1 Å². The number of para-hydroxylation sites is 2. The Balaban J connectivity index is 2.52. The second-order valence-electron chi connectivity index (χ2n) is 3.12. The summed E-state index contributed by atoms with van der Waals surface area (Å²) in [5.74, 6) is 0. The van der Waals surface area contributed by atoms with Crippen molar-refractivity contribution in [3.8, 4) is 0 Å². The number of rotatable bonds is 0. The normalized spacial score (nSPS) is 20.8. The second kappa shape index (κ2) is 2.63. The van der Waals surface area contributed by atoms with Crippen LogP contribution in [0.15, 0.2) is 29.3 Å². The monoisotopic (exact) mass is 160 g/mol. The molecule has 1 aromatic carbocycles. The first-order valence-electron chi connectivity index (χ1n) is 4.15. The van der Waals surface area contributed by atoms with Crippen LogP contribution in [0, 0.1) is 0 Å². The van der Waals surface area contributed by atoms with E-state index in [1.807, 2.05) is 24.4 Å². The predicted molar refractivity (Wildman–Crippen MR) is 52.5 cm³/mol. The van der Waals surface area contributed by atoms with Crippen molar-refractivity contribution in [2.24, 2.45) is 4.99 Å². The van der Waals surface area contributed by atoms with Crippen molar-refractivity contribution in [2.45, 2.75) is 13.0 Å². The Labute approximate surface area is 72.5 Å². The predicted octanol–water partition coefficient (Wildman–Crippen LogP) is 2.23. The van der Waals surface area contributed by atoms with Gasteiger partial charge in [-0.1, -0.05) is 12.1 Å². The van der Waals surface area contributed by atoms with Crippen LogP contribution in [-0.2, 0) is 0 Å². The van der Waals surface area contributed by atoms with Gasteiger partial charge in [0.25, 0.3) is 0 Å². The molecule has 2 heteroatoms. The van der Waals surface area contributed by atoms with E-state index in [-0.39, 0.29) is 0 Å². The minimum absolute atomic E-state index is 0.403. The highest BCUT2D eigenvalue weighted by Crippen LogP contribution is 2.30. The van der Waals surface area contributed by atoms with Gasteiger partial charge in [-0.15, -0.1) is 0 Å². The quantitative estimate of drug-likeness (QED) is 0.568. The Kier molecular flexibility index (Phi) is 1.61. The molecule has 0 saturated heterocycles. The van der Waals surface area contributed by atoms with E-state index in [0.29, 0.717) is 6.04 Å². The van der Waals surface area contributed by atoms with Crippen molar-refractivity contribution in [3.05, 3.63) is 24.3 Å². The molecule has 2 rings (SSSR count). The molecule has 0 spiro atoms. The highest BCUT2D eigenvalue weighted by Gasteiger charge is 2.14. The third-order valence-corrected chi connectivity index (χ3v) is 2.30. The molecule has 1 aliphatic rings. The zero-order valence-electron chi connectivity index (χ0n) is 7.36. The van der Waals surface area contributed by atoms with E-state index in [9.17, 15) is 0 Å². The van der Waals surface area contributed by atoms with Crippen LogP contribution in [-0.4, -0.2) is 19.3 Å². The average molecular weight is 160 g/mol. The Morgan fingerprint density at radius 2 is 2.08 bits per heavy atom. The maximum Gasteiger partial charge on any atom is 0.0860 e. The van der Waals surface area contributed by atoms with Gasteiger partial charge in [0.2, 0.25) is 0 Å². The van der Waals surface area contributed by atoms with Gasteiger partial charge < -0.3 is 4.90 Å². The number of fused-ring (bicyclic) bond motifs is 1. The average Bonchev–Trinajstić information content (AvgIpc) is 2.12. The molecule has 0 N–H and O–H groups in total. The van der Waals surface area contributed by atoms with E-state index in [2.05, 4.69) is 29.9 Å². The van der Waals surface area contributed by atoms with Gasteiger partial charge in [0.05, 0.1) is 17.4 Å². The minimum atomic E-state index is 0.403. The van der Waals surface area contributed by atoms with Gasteiger partial charge in [-0.3, -0.25) is 4.99 Å². The lowest BCUT2D eigenvalue weighted by molar-refractivity contribution is 0.862. The summed E-state index contributed by atoms with van der Waals surface area (Å²) in [6, 6.07) is 8.60. The molecule has 0 bridgehead atoms. The molecule has 1 aromatic rings. The first-order valence-corrected chi connectivity index (χ1v) is 4.15. The van der Waals surface area contributed by atoms with E-state index in [1.54, 1.807) is 0 Å². The molecule has 0 saturated carbocycles. The van der Waals surface area contributed by atoms with E-state index in [0.717, 1.165) is 5.69 Å². The molecule has 62 valence electrons. The third-order valence-electron chi connectivity index (χ3n) is 2.30. The summed E-state index contributed by atoms with van der Waals surface area (Å²) in [4.78, 5) is 6.58. The van der Waals surface area contributed by atoms with Crippen LogP contribution in [0.25, 0.3) is 0 Å². The Bertz CT molecular complexity index is 317. The summed E-state index contributed by atoms with van der Waals surface area (Å²) >= 11 is 0. The van der Waals surface area contributed by atoms with Crippen LogP contribution < -0.4 is 4.90 Å². The van der Waals surface area contributed by atoms with Crippen LogP contribution in [0.3, 0.4) is 0 Å². The van der Waals surface area contributed by atoms with Crippen LogP contribution in [0.1, 0.15) is 6.92 Å². The van der Waals surface area contributed by atoms with Gasteiger partial charge in [-0.25, -0.2) is 0 Å². The number of benzene rings is 1. The lowest BCUT2D eigenvalue weighted by Gasteiger charge is -2.28. The van der Waals surface area contributed by atoms with Gasteiger partial charge in [-0.2, -0.15) is 0 Å². The molecular formula is C10H12N2. The number of nitrogens with zero attached hydrogens (tertiary/aromatic N) is 2. The zero-order valence-corrected chi connectivity index (χ0v) is 7.36. The number of aliphatic imine (C=N–C) groups is 1. The highest BCUT2D eigenvalue weighted by molar-refractivity contribution is 5.83. The van der Waals surface area contributed by atoms with Crippen molar-refractivity contribution < 1.29 is 0 Å². The number of anilines is 1. The maximum atomic E-state index is 4.36. The largest absolute Gasteiger partial charge is 0.365 e. The Morgan fingerprint density at radius 1 is 1.33 bits per heavy atom. The molecule has 0 radical (unpaired) electrons. The molecule has 0 amide bonds. The summed E-state index contributed by atoms with van der Waals surface area (Å²) in [6.45, 7) is 2.14. The highest BCUT2D eigenvalue weighted by atomic mass is 15.2. The van der Waals surface area contributed by atoms with Crippen molar-refractivity contribution >= 4 is 17.6 Å². The fourth-order valence-corrected chi connectivity index (χ4v) is 1.38. The zero-order chi connectivity index (χ0) is 8.55. The Morgan fingerprint density at radius 3 is 2.92 bits per heavy atom. The molecule has 12 heavy (non-hydrogen) atoms. The summed E-state index contributed by atoms with van der Waals surface area (Å²) < 4.78 is 0. The van der Waals surface area contributed by atoms with Crippen molar-refractivity contribution in [1.82, 2.24) is 0 Å². The van der Waals surface area contributed by atoms with Crippen LogP contribution >= 0.6 is 0 Å². The molecule has 1 atom stereocenters. The Hall–Kier alpha value is -1.31. The van der Waals surface area contributed by atoms with E-state index >= 15 is 0 Å². The van der Waals surface area contributed by atoms with Crippen LogP contribution in [0.4, 0.5) is 11.4 Å². The molecule has 1 heterocycles. The van der Waals surface area contributed by atoms with Crippen LogP contribution in [0.2, 0.25) is 0 Å². The lowest BCUT2D eigenvalue weighted by Crippen LogP contribution is -2.31. The summed E-state index contributed by atoms with van der Waals surface area (Å²) in [7, 11) is 2.09. The van der Waals surface area contributed by atoms with Crippen LogP contribution in [0.5, 0.6) is 0 Å². The number of hydrogen-bond donors (Lipinski definition) is 0. The molecule has 0 fully saturated rings. The van der Waals surface area contributed by atoms with E-state index < -0.39 is 0 Å². The molecule has 1 unspecified atom stereocenters. The molecule has 0 aliphatic carbocycles. The van der Waals surface area contributed by atoms with Crippen molar-refractivity contribution in [3.63, 3.8) is 0 Å². The molecule has 2 nitrogen and oxygen atoms in total. The first kappa shape index (κ1) is 7.35. The van der Waals surface area contributed by atoms with Gasteiger partial charge in [0, 0.05) is 13.3 Å². The van der Waals surface area contributed by atoms with Gasteiger partial charge in [0.15, 0.2) is 0 Å². The standard InChI is InChI=1S/C10H12N2/c1-8-7-11-9-5-3-4-6-10(9)12(8)2/h3-8H,1-2H3. The van der Waals surface area contributed by atoms with Gasteiger partial charge in [0.1, 0.15) is 0 Å². The summed E-state index contributed by atoms with van der Waals surface area (Å²) in [5, 5.41) is 0. The topological polar surface area (TPSA) is 15.6 Å². The molecular weight excluding hydrogens is 148 g/mol. The maximum absolute atomic E-state index is 4.36. The fourth-order valence-electron chi connectivity index (χ4n) is 1.38. The first-order chi connectivity index (χ1) is 5.79.